The van der Waals surface area contributed by atoms with E-state index in [0.29, 0.717) is 28.4 Å². The van der Waals surface area contributed by atoms with Gasteiger partial charge in [-0.3, -0.25) is 24.7 Å². The van der Waals surface area contributed by atoms with Crippen LogP contribution in [0.5, 0.6) is 0 Å². The van der Waals surface area contributed by atoms with Gasteiger partial charge in [0.1, 0.15) is 16.9 Å². The Morgan fingerprint density at radius 2 is 1.76 bits per heavy atom. The molecule has 4 aliphatic rings. The van der Waals surface area contributed by atoms with E-state index in [1.165, 1.54) is 28.8 Å². The molecule has 10 rings (SSSR count). The van der Waals surface area contributed by atoms with E-state index in [1.54, 1.807) is 23.1 Å². The van der Waals surface area contributed by atoms with Crippen LogP contribution in [0.15, 0.2) is 95.7 Å². The molecule has 0 atom stereocenters. The highest BCUT2D eigenvalue weighted by Gasteiger charge is 2.33. The minimum absolute atomic E-state index is 0.0173. The summed E-state index contributed by atoms with van der Waals surface area (Å²) in [6.07, 6.45) is 8.17. The van der Waals surface area contributed by atoms with Crippen LogP contribution in [0.4, 0.5) is 17.1 Å². The summed E-state index contributed by atoms with van der Waals surface area (Å²) in [5.74, 6) is -0.908. The van der Waals surface area contributed by atoms with E-state index in [4.69, 9.17) is 21.3 Å². The summed E-state index contributed by atoms with van der Waals surface area (Å²) in [4.78, 5) is 40.6. The van der Waals surface area contributed by atoms with Crippen molar-refractivity contribution in [3.63, 3.8) is 0 Å². The van der Waals surface area contributed by atoms with Crippen molar-refractivity contribution in [1.29, 1.82) is 0 Å². The van der Waals surface area contributed by atoms with Crippen molar-refractivity contribution in [3.8, 4) is 5.69 Å². The van der Waals surface area contributed by atoms with Crippen molar-refractivity contribution >= 4 is 72.2 Å². The van der Waals surface area contributed by atoms with Crippen LogP contribution in [0.25, 0.3) is 33.3 Å². The summed E-state index contributed by atoms with van der Waals surface area (Å²) in [5, 5.41) is 21.8. The van der Waals surface area contributed by atoms with Gasteiger partial charge in [-0.15, -0.1) is 0 Å². The van der Waals surface area contributed by atoms with Crippen molar-refractivity contribution in [2.45, 2.75) is 62.9 Å². The van der Waals surface area contributed by atoms with Crippen molar-refractivity contribution in [3.05, 3.63) is 117 Å². The number of hydrogen-bond donors (Lipinski definition) is 3. The number of hydrogen-bond acceptors (Lipinski definition) is 12. The molecule has 0 saturated carbocycles. The number of likely N-dealkylation sites (tertiary alicyclic amines) is 1. The third kappa shape index (κ3) is 9.01. The summed E-state index contributed by atoms with van der Waals surface area (Å²) in [6.45, 7) is 11.8. The molecule has 3 saturated heterocycles. The van der Waals surface area contributed by atoms with Gasteiger partial charge < -0.3 is 19.9 Å². The number of nitrogens with one attached hydrogen (secondary N) is 3. The number of nitrogens with zero attached hydrogens (tertiary/aromatic N) is 7. The molecule has 1 amide bonds. The first-order valence-corrected chi connectivity index (χ1v) is 24.5. The minimum Gasteiger partial charge on any atom is -0.378 e. The number of benzene rings is 3. The molecule has 3 aromatic carbocycles. The Morgan fingerprint density at radius 1 is 0.985 bits per heavy atom. The first kappa shape index (κ1) is 44.0. The van der Waals surface area contributed by atoms with Gasteiger partial charge in [-0.05, 0) is 103 Å². The van der Waals surface area contributed by atoms with Gasteiger partial charge in [-0.1, -0.05) is 43.2 Å². The van der Waals surface area contributed by atoms with Gasteiger partial charge in [0.2, 0.25) is 0 Å². The summed E-state index contributed by atoms with van der Waals surface area (Å²) >= 11 is 6.26. The normalized spacial score (nSPS) is 19.0. The standard InChI is InChI=1S/C48H53ClN10O6S/c1-48(2)15-11-33(40(26-48)31-3-5-34(49)6-4-31)28-55-19-21-57(22-20-55)36-7-9-39(43(24-36)58-44-23-32-12-16-50-46(32)53-42(44)27-51-58)47(60)54-66(63,64)38-8-10-41(45(25-38)59(61)62)52-35-13-17-56(18-14-35)37-29-65-30-37/h3-10,12,16,23-25,27,35,37,52H,11,13-15,17-22,26,28-30H2,1-2H3,(H,50,53)(H,54,60). The fraction of sp³-hybridized carbons (Fsp3) is 0.396. The maximum Gasteiger partial charge on any atom is 0.293 e. The number of nitro benzene ring substituents is 1. The fourth-order valence-corrected chi connectivity index (χ4v) is 11.0. The maximum atomic E-state index is 14.3. The quantitative estimate of drug-likeness (QED) is 0.0807. The summed E-state index contributed by atoms with van der Waals surface area (Å²) < 4.78 is 37.0. The molecular weight excluding hydrogens is 880 g/mol. The third-order valence-electron chi connectivity index (χ3n) is 13.8. The predicted molar refractivity (Wildman–Crippen MR) is 256 cm³/mol. The lowest BCUT2D eigenvalue weighted by atomic mass is 9.72. The van der Waals surface area contributed by atoms with Gasteiger partial charge in [0, 0.05) is 80.2 Å². The lowest BCUT2D eigenvalue weighted by Gasteiger charge is -2.41. The number of carbonyl (C=O) groups is 1. The molecule has 3 aliphatic heterocycles. The number of nitro groups is 1. The lowest BCUT2D eigenvalue weighted by Crippen LogP contribution is -2.53. The molecule has 6 aromatic rings. The van der Waals surface area contributed by atoms with E-state index >= 15 is 0 Å². The number of sulfonamides is 1. The first-order chi connectivity index (χ1) is 31.8. The Hall–Kier alpha value is -5.85. The number of halogens is 1. The van der Waals surface area contributed by atoms with Crippen molar-refractivity contribution in [1.82, 2.24) is 34.3 Å². The zero-order valence-corrected chi connectivity index (χ0v) is 38.6. The number of ether oxygens (including phenoxy) is 1. The predicted octanol–water partition coefficient (Wildman–Crippen LogP) is 7.64. The van der Waals surface area contributed by atoms with Crippen LogP contribution in [-0.2, 0) is 14.8 Å². The average molecular weight is 934 g/mol. The topological polar surface area (TPSA) is 184 Å². The number of piperazine rings is 1. The van der Waals surface area contributed by atoms with E-state index in [1.807, 2.05) is 36.4 Å². The fourth-order valence-electron chi connectivity index (χ4n) is 9.85. The van der Waals surface area contributed by atoms with E-state index < -0.39 is 31.4 Å². The molecule has 3 fully saturated rings. The largest absolute Gasteiger partial charge is 0.378 e. The van der Waals surface area contributed by atoms with Crippen LogP contribution >= 0.6 is 11.6 Å². The van der Waals surface area contributed by atoms with Crippen LogP contribution in [0.3, 0.4) is 0 Å². The highest BCUT2D eigenvalue weighted by atomic mass is 35.5. The Labute approximate surface area is 388 Å². The van der Waals surface area contributed by atoms with Crippen LogP contribution in [0.2, 0.25) is 5.02 Å². The number of carbonyl (C=O) groups excluding carboxylic acids is 1. The smallest absolute Gasteiger partial charge is 0.293 e. The Bertz CT molecular complexity index is 2970. The first-order valence-electron chi connectivity index (χ1n) is 22.6. The number of allylic oxidation sites excluding steroid dienone is 1. The van der Waals surface area contributed by atoms with Crippen molar-refractivity contribution in [2.24, 2.45) is 5.41 Å². The molecule has 0 bridgehead atoms. The average Bonchev–Trinajstić information content (AvgIpc) is 3.93. The molecule has 1 aliphatic carbocycles. The second-order valence-electron chi connectivity index (χ2n) is 18.8. The number of piperidine rings is 1. The van der Waals surface area contributed by atoms with Crippen molar-refractivity contribution < 1.29 is 22.9 Å². The zero-order valence-electron chi connectivity index (χ0n) is 37.0. The zero-order chi connectivity index (χ0) is 45.7. The lowest BCUT2D eigenvalue weighted by molar-refractivity contribution is -0.384. The van der Waals surface area contributed by atoms with Crippen LogP contribution in [0.1, 0.15) is 61.9 Å². The number of anilines is 2. The van der Waals surface area contributed by atoms with Crippen molar-refractivity contribution in [2.75, 3.05) is 69.2 Å². The number of fused-ring (bicyclic) bond motifs is 2. The number of aromatic nitrogens is 4. The molecule has 344 valence electrons. The van der Waals surface area contributed by atoms with Gasteiger partial charge in [0.25, 0.3) is 21.6 Å². The summed E-state index contributed by atoms with van der Waals surface area (Å²) in [6, 6.07) is 21.4. The Balaban J connectivity index is 0.895. The molecule has 3 aromatic heterocycles. The SMILES string of the molecule is CC1(C)CCC(CN2CCN(c3ccc(C(=O)NS(=O)(=O)c4ccc(NC5CCN(C6COC6)CC5)c([N+](=O)[O-])c4)c(-n4ncc5nc6[nH]ccc6cc54)c3)CC2)=C(c2ccc(Cl)cc2)C1. The Morgan fingerprint density at radius 3 is 2.48 bits per heavy atom. The highest BCUT2D eigenvalue weighted by molar-refractivity contribution is 7.90. The number of rotatable bonds is 12. The molecular formula is C48H53ClN10O6S. The third-order valence-corrected chi connectivity index (χ3v) is 15.4. The number of pyridine rings is 1. The van der Waals surface area contributed by atoms with Gasteiger partial charge in [-0.25, -0.2) is 22.8 Å². The molecule has 66 heavy (non-hydrogen) atoms. The van der Waals surface area contributed by atoms with Gasteiger partial charge in [0.05, 0.1) is 52.0 Å². The molecule has 6 heterocycles. The number of H-pyrrole nitrogens is 1. The minimum atomic E-state index is -4.58. The molecule has 0 unspecified atom stereocenters. The van der Waals surface area contributed by atoms with E-state index in [9.17, 15) is 23.3 Å². The Kier molecular flexibility index (Phi) is 11.8. The molecule has 0 radical (unpaired) electrons. The molecule has 0 spiro atoms. The molecule has 18 heteroatoms. The van der Waals surface area contributed by atoms with Crippen LogP contribution in [0, 0.1) is 15.5 Å². The maximum absolute atomic E-state index is 14.3. The second kappa shape index (κ2) is 17.8. The van der Waals surface area contributed by atoms with Crippen LogP contribution < -0.4 is 14.9 Å². The summed E-state index contributed by atoms with van der Waals surface area (Å²) in [5.41, 5.74) is 7.34. The van der Waals surface area contributed by atoms with E-state index in [2.05, 4.69) is 60.8 Å². The molecule has 3 N–H and O–H groups in total. The summed E-state index contributed by atoms with van der Waals surface area (Å²) in [7, 11) is -4.58. The van der Waals surface area contributed by atoms with Gasteiger partial charge in [-0.2, -0.15) is 5.10 Å². The number of amides is 1. The number of aromatic amines is 1. The second-order valence-corrected chi connectivity index (χ2v) is 20.9. The van der Waals surface area contributed by atoms with E-state index in [0.717, 1.165) is 113 Å². The monoisotopic (exact) mass is 932 g/mol. The molecule has 16 nitrogen and oxygen atoms in total. The van der Waals surface area contributed by atoms with Gasteiger partial charge >= 0.3 is 0 Å². The van der Waals surface area contributed by atoms with Crippen LogP contribution in [-0.4, -0.2) is 120 Å². The van der Waals surface area contributed by atoms with E-state index in [-0.39, 0.29) is 22.7 Å². The van der Waals surface area contributed by atoms with Gasteiger partial charge in [0.15, 0.2) is 0 Å². The highest BCUT2D eigenvalue weighted by Crippen LogP contribution is 2.43.